The molecular weight excluding hydrogens is 703 g/mol. The van der Waals surface area contributed by atoms with Crippen molar-refractivity contribution in [2.75, 3.05) is 16.4 Å². The predicted molar refractivity (Wildman–Crippen MR) is 191 cm³/mol. The van der Waals surface area contributed by atoms with Crippen molar-refractivity contribution in [2.24, 2.45) is 0 Å². The van der Waals surface area contributed by atoms with Gasteiger partial charge in [-0.1, -0.05) is 101 Å². The fourth-order valence-electron chi connectivity index (χ4n) is 4.21. The number of hydrogen-bond donors (Lipinski definition) is 3. The second-order valence-electron chi connectivity index (χ2n) is 9.63. The highest BCUT2D eigenvalue weighted by molar-refractivity contribution is 9.10. The zero-order valence-electron chi connectivity index (χ0n) is 24.5. The van der Waals surface area contributed by atoms with E-state index in [1.165, 1.54) is 23.5 Å². The topological polar surface area (TPSA) is 113 Å². The van der Waals surface area contributed by atoms with Crippen molar-refractivity contribution < 1.29 is 14.4 Å². The van der Waals surface area contributed by atoms with Crippen LogP contribution in [0.25, 0.3) is 6.08 Å². The molecule has 0 aliphatic heterocycles. The van der Waals surface area contributed by atoms with Crippen LogP contribution in [0.2, 0.25) is 0 Å². The number of aromatic nitrogens is 2. The van der Waals surface area contributed by atoms with E-state index in [9.17, 15) is 14.4 Å². The number of benzene rings is 4. The third-order valence-corrected chi connectivity index (χ3v) is 9.50. The van der Waals surface area contributed by atoms with Crippen molar-refractivity contribution in [3.05, 3.63) is 136 Å². The van der Waals surface area contributed by atoms with E-state index in [1.54, 1.807) is 48.5 Å². The number of amides is 3. The molecule has 0 saturated heterocycles. The van der Waals surface area contributed by atoms with E-state index in [0.717, 1.165) is 37.8 Å². The van der Waals surface area contributed by atoms with Gasteiger partial charge in [0, 0.05) is 32.2 Å². The van der Waals surface area contributed by atoms with Crippen molar-refractivity contribution >= 4 is 85.6 Å². The van der Waals surface area contributed by atoms with E-state index in [0.29, 0.717) is 21.5 Å². The lowest BCUT2D eigenvalue weighted by molar-refractivity contribution is -0.116. The molecule has 8 nitrogen and oxygen atoms in total. The third kappa shape index (κ3) is 9.39. The number of thioether (sulfide) groups is 2. The van der Waals surface area contributed by atoms with Gasteiger partial charge in [0.25, 0.3) is 11.8 Å². The maximum atomic E-state index is 13.6. The molecule has 0 spiro atoms. The first-order valence-corrected chi connectivity index (χ1v) is 17.5. The average molecular weight is 731 g/mol. The number of rotatable bonds is 12. The molecule has 1 unspecified atom stereocenters. The molecule has 5 rings (SSSR count). The van der Waals surface area contributed by atoms with Crippen molar-refractivity contribution in [1.82, 2.24) is 14.7 Å². The van der Waals surface area contributed by atoms with Gasteiger partial charge >= 0.3 is 0 Å². The van der Waals surface area contributed by atoms with Crippen molar-refractivity contribution in [2.45, 2.75) is 22.2 Å². The fourth-order valence-corrected chi connectivity index (χ4v) is 6.98. The van der Waals surface area contributed by atoms with Crippen molar-refractivity contribution in [3.63, 3.8) is 0 Å². The van der Waals surface area contributed by atoms with Crippen LogP contribution in [-0.2, 0) is 9.59 Å². The van der Waals surface area contributed by atoms with Gasteiger partial charge in [0.05, 0.1) is 0 Å². The molecule has 0 aliphatic carbocycles. The first kappa shape index (κ1) is 33.1. The molecule has 4 aromatic carbocycles. The minimum Gasteiger partial charge on any atom is -0.321 e. The summed E-state index contributed by atoms with van der Waals surface area (Å²) >= 11 is 7.46. The first-order valence-electron chi connectivity index (χ1n) is 14.1. The predicted octanol–water partition coefficient (Wildman–Crippen LogP) is 8.29. The summed E-state index contributed by atoms with van der Waals surface area (Å²) in [6.45, 7) is 2.02. The first-order chi connectivity index (χ1) is 22.4. The Bertz CT molecular complexity index is 1850. The highest BCUT2D eigenvalue weighted by Gasteiger charge is 2.24. The highest BCUT2D eigenvalue weighted by atomic mass is 79.9. The molecule has 1 atom stereocenters. The quantitative estimate of drug-likeness (QED) is 0.0875. The zero-order valence-corrected chi connectivity index (χ0v) is 28.5. The Morgan fingerprint density at radius 1 is 0.891 bits per heavy atom. The molecule has 1 aromatic heterocycles. The van der Waals surface area contributed by atoms with Gasteiger partial charge in [-0.15, -0.1) is 11.8 Å². The number of carbonyl (C=O) groups is 3. The van der Waals surface area contributed by atoms with Crippen LogP contribution in [0.15, 0.2) is 129 Å². The van der Waals surface area contributed by atoms with Crippen LogP contribution in [0.3, 0.4) is 0 Å². The largest absolute Gasteiger partial charge is 0.321 e. The molecule has 3 N–H and O–H groups in total. The monoisotopic (exact) mass is 729 g/mol. The summed E-state index contributed by atoms with van der Waals surface area (Å²) in [5.41, 5.74) is 2.54. The fraction of sp³-hybridized carbons (Fsp3) is 0.0882. The summed E-state index contributed by atoms with van der Waals surface area (Å²) in [4.78, 5) is 45.3. The third-order valence-electron chi connectivity index (χ3n) is 6.29. The molecule has 232 valence electrons. The molecule has 0 fully saturated rings. The molecule has 0 bridgehead atoms. The number of hydrogen-bond acceptors (Lipinski definition) is 8. The van der Waals surface area contributed by atoms with Crippen LogP contribution < -0.4 is 16.0 Å². The minimum absolute atomic E-state index is 0.0733. The van der Waals surface area contributed by atoms with Gasteiger partial charge < -0.3 is 10.6 Å². The summed E-state index contributed by atoms with van der Waals surface area (Å²) in [5, 5.41) is 9.04. The molecule has 0 aliphatic rings. The van der Waals surface area contributed by atoms with E-state index >= 15 is 0 Å². The molecule has 0 radical (unpaired) electrons. The number of carbonyl (C=O) groups excluding carboxylic acids is 3. The van der Waals surface area contributed by atoms with Crippen LogP contribution in [-0.4, -0.2) is 32.8 Å². The highest BCUT2D eigenvalue weighted by Crippen LogP contribution is 2.37. The number of nitrogens with zero attached hydrogens (tertiary/aromatic N) is 2. The number of nitrogens with one attached hydrogen (secondary N) is 3. The molecule has 5 aromatic rings. The van der Waals surface area contributed by atoms with Crippen LogP contribution in [0, 0.1) is 0 Å². The molecule has 46 heavy (non-hydrogen) atoms. The van der Waals surface area contributed by atoms with Gasteiger partial charge in [-0.2, -0.15) is 9.36 Å². The Labute approximate surface area is 287 Å². The second-order valence-corrected chi connectivity index (χ2v) is 13.7. The molecule has 0 saturated carbocycles. The SMILES string of the molecule is CCSc1nsc(NC(=O)C(Sc2cccc(NC(=O)/C(=C\c3cccc(Br)c3)NC(=O)c3ccccc3)c2)c2ccccc2)n1. The lowest BCUT2D eigenvalue weighted by Gasteiger charge is -2.17. The van der Waals surface area contributed by atoms with Gasteiger partial charge in [-0.3, -0.25) is 19.7 Å². The zero-order chi connectivity index (χ0) is 32.3. The standard InChI is InChI=1S/C34H28BrN5O3S3/c1-2-44-34-39-33(46-40-34)38-32(43)29(23-12-5-3-6-13-23)45-27-18-10-17-26(21-27)36-31(42)28(20-22-11-9-16-25(35)19-22)37-30(41)24-14-7-4-8-15-24/h3-21,29H,2H2,1H3,(H,36,42)(H,37,41)(H,38,39,40,43)/b28-20+. The lowest BCUT2D eigenvalue weighted by Crippen LogP contribution is -2.30. The summed E-state index contributed by atoms with van der Waals surface area (Å²) < 4.78 is 5.13. The van der Waals surface area contributed by atoms with Gasteiger partial charge in [-0.25, -0.2) is 0 Å². The van der Waals surface area contributed by atoms with Gasteiger partial charge in [0.15, 0.2) is 0 Å². The summed E-state index contributed by atoms with van der Waals surface area (Å²) in [6.07, 6.45) is 1.62. The van der Waals surface area contributed by atoms with Crippen LogP contribution >= 0.6 is 51.0 Å². The Morgan fingerprint density at radius 3 is 2.37 bits per heavy atom. The van der Waals surface area contributed by atoms with E-state index in [-0.39, 0.29) is 11.6 Å². The van der Waals surface area contributed by atoms with Crippen LogP contribution in [0.5, 0.6) is 0 Å². The Kier molecular flexibility index (Phi) is 11.8. The average Bonchev–Trinajstić information content (AvgIpc) is 3.51. The van der Waals surface area contributed by atoms with E-state index in [1.807, 2.05) is 73.7 Å². The maximum Gasteiger partial charge on any atom is 0.272 e. The van der Waals surface area contributed by atoms with E-state index in [4.69, 9.17) is 0 Å². The van der Waals surface area contributed by atoms with Gasteiger partial charge in [0.1, 0.15) is 10.9 Å². The molecule has 12 heteroatoms. The summed E-state index contributed by atoms with van der Waals surface area (Å²) in [7, 11) is 0. The van der Waals surface area contributed by atoms with Crippen molar-refractivity contribution in [1.29, 1.82) is 0 Å². The summed E-state index contributed by atoms with van der Waals surface area (Å²) in [5.74, 6) is -0.312. The smallest absolute Gasteiger partial charge is 0.272 e. The van der Waals surface area contributed by atoms with Crippen molar-refractivity contribution in [3.8, 4) is 0 Å². The maximum absolute atomic E-state index is 13.6. The normalized spacial score (nSPS) is 11.8. The second kappa shape index (κ2) is 16.4. The molecule has 1 heterocycles. The Balaban J connectivity index is 1.36. The van der Waals surface area contributed by atoms with E-state index < -0.39 is 17.1 Å². The van der Waals surface area contributed by atoms with Gasteiger partial charge in [-0.05, 0) is 65.4 Å². The molecular formula is C34H28BrN5O3S3. The van der Waals surface area contributed by atoms with Crippen LogP contribution in [0.4, 0.5) is 10.8 Å². The number of halogens is 1. The summed E-state index contributed by atoms with van der Waals surface area (Å²) in [6, 6.07) is 32.8. The lowest BCUT2D eigenvalue weighted by atomic mass is 10.1. The van der Waals surface area contributed by atoms with Gasteiger partial charge in [0.2, 0.25) is 16.2 Å². The van der Waals surface area contributed by atoms with E-state index in [2.05, 4.69) is 41.2 Å². The molecule has 3 amide bonds. The minimum atomic E-state index is -0.601. The van der Waals surface area contributed by atoms with Crippen LogP contribution in [0.1, 0.15) is 33.7 Å². The Morgan fingerprint density at radius 2 is 1.63 bits per heavy atom. The Hall–Kier alpha value is -4.23. The number of anilines is 2.